The van der Waals surface area contributed by atoms with Gasteiger partial charge in [0.25, 0.3) is 0 Å². The molecule has 7 heteroatoms. The molecule has 4 rings (SSSR count). The third-order valence-electron chi connectivity index (χ3n) is 6.36. The maximum Gasteiger partial charge on any atom is 0.246 e. The van der Waals surface area contributed by atoms with E-state index in [0.29, 0.717) is 38.6 Å². The summed E-state index contributed by atoms with van der Waals surface area (Å²) in [6.07, 6.45) is 1.54. The fraction of sp³-hybridized carbons (Fsp3) is 0.333. The first-order valence-electron chi connectivity index (χ1n) is 12.8. The Balaban J connectivity index is 1.27. The second-order valence-corrected chi connectivity index (χ2v) is 9.14. The van der Waals surface area contributed by atoms with Gasteiger partial charge in [0.1, 0.15) is 11.8 Å². The molecule has 1 fully saturated rings. The van der Waals surface area contributed by atoms with Gasteiger partial charge in [-0.3, -0.25) is 14.5 Å². The third-order valence-corrected chi connectivity index (χ3v) is 6.36. The number of hydrogen-bond acceptors (Lipinski definition) is 5. The van der Waals surface area contributed by atoms with Crippen molar-refractivity contribution in [3.8, 4) is 5.75 Å². The Morgan fingerprint density at radius 1 is 0.946 bits per heavy atom. The van der Waals surface area contributed by atoms with Crippen molar-refractivity contribution < 1.29 is 19.1 Å². The lowest BCUT2D eigenvalue weighted by Crippen LogP contribution is -2.61. The molecule has 3 aromatic rings. The van der Waals surface area contributed by atoms with Crippen LogP contribution in [0.15, 0.2) is 84.9 Å². The number of carbonyl (C=O) groups is 2. The molecular formula is C30H35N3O4. The first kappa shape index (κ1) is 26.4. The highest BCUT2D eigenvalue weighted by molar-refractivity contribution is 6.02. The molecule has 3 aromatic carbocycles. The van der Waals surface area contributed by atoms with Crippen LogP contribution in [-0.2, 0) is 27.4 Å². The fourth-order valence-corrected chi connectivity index (χ4v) is 4.31. The van der Waals surface area contributed by atoms with Crippen LogP contribution < -0.4 is 15.0 Å². The van der Waals surface area contributed by atoms with Gasteiger partial charge in [0.05, 0.1) is 26.4 Å². The number of carbonyl (C=O) groups excluding carboxylic acids is 2. The van der Waals surface area contributed by atoms with Gasteiger partial charge in [0, 0.05) is 32.2 Å². The van der Waals surface area contributed by atoms with E-state index in [1.54, 1.807) is 16.8 Å². The number of piperazine rings is 1. The van der Waals surface area contributed by atoms with Crippen LogP contribution in [0, 0.1) is 0 Å². The SMILES string of the molecule is CN(CCc1ccccc1)C(=O)[C@H]1CNCC(=O)N1c1ccc(OCCCOCc2ccccc2)cc1. The Bertz CT molecular complexity index is 1120. The summed E-state index contributed by atoms with van der Waals surface area (Å²) in [7, 11) is 1.79. The van der Waals surface area contributed by atoms with Crippen LogP contribution in [0.1, 0.15) is 17.5 Å². The summed E-state index contributed by atoms with van der Waals surface area (Å²) in [4.78, 5) is 29.4. The number of nitrogens with zero attached hydrogens (tertiary/aromatic N) is 2. The van der Waals surface area contributed by atoms with Crippen molar-refractivity contribution in [1.29, 1.82) is 0 Å². The zero-order chi connectivity index (χ0) is 25.9. The van der Waals surface area contributed by atoms with Gasteiger partial charge in [-0.25, -0.2) is 0 Å². The zero-order valence-electron chi connectivity index (χ0n) is 21.3. The highest BCUT2D eigenvalue weighted by atomic mass is 16.5. The van der Waals surface area contributed by atoms with Crippen molar-refractivity contribution in [2.75, 3.05) is 44.8 Å². The normalized spacial score (nSPS) is 15.4. The Kier molecular flexibility index (Phi) is 9.68. The second-order valence-electron chi connectivity index (χ2n) is 9.14. The molecule has 37 heavy (non-hydrogen) atoms. The first-order chi connectivity index (χ1) is 18.1. The van der Waals surface area contributed by atoms with Crippen molar-refractivity contribution in [1.82, 2.24) is 10.2 Å². The van der Waals surface area contributed by atoms with Crippen LogP contribution >= 0.6 is 0 Å². The molecule has 1 aliphatic rings. The number of ether oxygens (including phenoxy) is 2. The number of amides is 2. The summed E-state index contributed by atoms with van der Waals surface area (Å²) in [5, 5.41) is 3.09. The molecule has 1 aliphatic heterocycles. The summed E-state index contributed by atoms with van der Waals surface area (Å²) in [6.45, 7) is 2.96. The smallest absolute Gasteiger partial charge is 0.246 e. The number of hydrogen-bond donors (Lipinski definition) is 1. The highest BCUT2D eigenvalue weighted by Crippen LogP contribution is 2.24. The molecule has 0 aromatic heterocycles. The number of rotatable bonds is 12. The van der Waals surface area contributed by atoms with E-state index in [1.165, 1.54) is 5.56 Å². The van der Waals surface area contributed by atoms with Crippen molar-refractivity contribution >= 4 is 17.5 Å². The average Bonchev–Trinajstić information content (AvgIpc) is 2.94. The minimum Gasteiger partial charge on any atom is -0.494 e. The van der Waals surface area contributed by atoms with Crippen LogP contribution in [0.3, 0.4) is 0 Å². The predicted octanol–water partition coefficient (Wildman–Crippen LogP) is 3.68. The van der Waals surface area contributed by atoms with Gasteiger partial charge in [0.2, 0.25) is 11.8 Å². The number of likely N-dealkylation sites (N-methyl/N-ethyl adjacent to an activating group) is 1. The molecule has 1 heterocycles. The molecular weight excluding hydrogens is 466 g/mol. The summed E-state index contributed by atoms with van der Waals surface area (Å²) < 4.78 is 11.5. The molecule has 1 atom stereocenters. The zero-order valence-corrected chi connectivity index (χ0v) is 21.3. The van der Waals surface area contributed by atoms with Gasteiger partial charge in [-0.05, 0) is 41.8 Å². The Morgan fingerprint density at radius 2 is 1.62 bits per heavy atom. The van der Waals surface area contributed by atoms with E-state index in [9.17, 15) is 9.59 Å². The summed E-state index contributed by atoms with van der Waals surface area (Å²) >= 11 is 0. The van der Waals surface area contributed by atoms with Crippen molar-refractivity contribution in [2.24, 2.45) is 0 Å². The minimum atomic E-state index is -0.587. The van der Waals surface area contributed by atoms with Gasteiger partial charge in [-0.15, -0.1) is 0 Å². The van der Waals surface area contributed by atoms with Gasteiger partial charge >= 0.3 is 0 Å². The predicted molar refractivity (Wildman–Crippen MR) is 145 cm³/mol. The van der Waals surface area contributed by atoms with E-state index >= 15 is 0 Å². The van der Waals surface area contributed by atoms with E-state index < -0.39 is 6.04 Å². The lowest BCUT2D eigenvalue weighted by atomic mass is 10.1. The van der Waals surface area contributed by atoms with Crippen LogP contribution in [-0.4, -0.2) is 62.7 Å². The van der Waals surface area contributed by atoms with E-state index in [0.717, 1.165) is 24.2 Å². The van der Waals surface area contributed by atoms with Gasteiger partial charge < -0.3 is 19.7 Å². The van der Waals surface area contributed by atoms with E-state index in [-0.39, 0.29) is 18.4 Å². The van der Waals surface area contributed by atoms with Crippen LogP contribution in [0.2, 0.25) is 0 Å². The average molecular weight is 502 g/mol. The molecule has 0 saturated carbocycles. The first-order valence-corrected chi connectivity index (χ1v) is 12.8. The van der Waals surface area contributed by atoms with Crippen LogP contribution in [0.25, 0.3) is 0 Å². The molecule has 7 nitrogen and oxygen atoms in total. The summed E-state index contributed by atoms with van der Waals surface area (Å²) in [5.74, 6) is 0.523. The monoisotopic (exact) mass is 501 g/mol. The molecule has 0 unspecified atom stereocenters. The topological polar surface area (TPSA) is 71.1 Å². The van der Waals surface area contributed by atoms with E-state index in [4.69, 9.17) is 9.47 Å². The molecule has 0 radical (unpaired) electrons. The minimum absolute atomic E-state index is 0.0766. The van der Waals surface area contributed by atoms with Gasteiger partial charge in [-0.2, -0.15) is 0 Å². The molecule has 0 aliphatic carbocycles. The number of anilines is 1. The number of nitrogens with one attached hydrogen (secondary N) is 1. The summed E-state index contributed by atoms with van der Waals surface area (Å²) in [6, 6.07) is 26.9. The van der Waals surface area contributed by atoms with E-state index in [1.807, 2.05) is 72.8 Å². The highest BCUT2D eigenvalue weighted by Gasteiger charge is 2.35. The van der Waals surface area contributed by atoms with Gasteiger partial charge in [-0.1, -0.05) is 60.7 Å². The molecule has 0 bridgehead atoms. The van der Waals surface area contributed by atoms with Crippen molar-refractivity contribution in [3.63, 3.8) is 0 Å². The van der Waals surface area contributed by atoms with Crippen LogP contribution in [0.5, 0.6) is 5.75 Å². The second kappa shape index (κ2) is 13.6. The lowest BCUT2D eigenvalue weighted by molar-refractivity contribution is -0.134. The Labute approximate surface area is 219 Å². The summed E-state index contributed by atoms with van der Waals surface area (Å²) in [5.41, 5.74) is 3.02. The molecule has 2 amide bonds. The molecule has 0 spiro atoms. The molecule has 194 valence electrons. The Hall–Kier alpha value is -3.68. The van der Waals surface area contributed by atoms with E-state index in [2.05, 4.69) is 17.4 Å². The standard InChI is InChI=1S/C30H35N3O4/c1-32(18-17-24-9-4-2-5-10-24)30(35)28-21-31-22-29(34)33(28)26-13-15-27(16-14-26)37-20-8-19-36-23-25-11-6-3-7-12-25/h2-7,9-16,28,31H,8,17-23H2,1H3/t28-/m1/s1. The maximum absolute atomic E-state index is 13.3. The lowest BCUT2D eigenvalue weighted by Gasteiger charge is -2.37. The number of benzene rings is 3. The van der Waals surface area contributed by atoms with Crippen molar-refractivity contribution in [2.45, 2.75) is 25.5 Å². The largest absolute Gasteiger partial charge is 0.494 e. The third kappa shape index (κ3) is 7.65. The van der Waals surface area contributed by atoms with Gasteiger partial charge in [0.15, 0.2) is 0 Å². The maximum atomic E-state index is 13.3. The molecule has 1 N–H and O–H groups in total. The molecule has 1 saturated heterocycles. The van der Waals surface area contributed by atoms with Crippen molar-refractivity contribution in [3.05, 3.63) is 96.1 Å². The van der Waals surface area contributed by atoms with Crippen LogP contribution in [0.4, 0.5) is 5.69 Å². The Morgan fingerprint density at radius 3 is 2.32 bits per heavy atom. The fourth-order valence-electron chi connectivity index (χ4n) is 4.31. The quantitative estimate of drug-likeness (QED) is 0.384.